The highest BCUT2D eigenvalue weighted by molar-refractivity contribution is 5.75. The molecule has 0 aliphatic heterocycles. The van der Waals surface area contributed by atoms with E-state index < -0.39 is 5.97 Å². The molecule has 2 nitrogen and oxygen atoms in total. The van der Waals surface area contributed by atoms with E-state index in [0.29, 0.717) is 0 Å². The Balaban J connectivity index is 2.15. The lowest BCUT2D eigenvalue weighted by molar-refractivity contribution is -0.139. The Morgan fingerprint density at radius 1 is 1.00 bits per heavy atom. The van der Waals surface area contributed by atoms with Crippen molar-refractivity contribution in [3.05, 3.63) is 48.6 Å². The highest BCUT2D eigenvalue weighted by atomic mass is 16.4. The maximum atomic E-state index is 11.4. The number of unbranched alkanes of at least 4 members (excludes halogenated alkanes) is 7. The van der Waals surface area contributed by atoms with E-state index in [2.05, 4.69) is 6.58 Å². The van der Waals surface area contributed by atoms with Gasteiger partial charge in [-0.25, -0.2) is 0 Å². The van der Waals surface area contributed by atoms with Crippen molar-refractivity contribution in [1.29, 1.82) is 0 Å². The van der Waals surface area contributed by atoms with Crippen molar-refractivity contribution < 1.29 is 9.90 Å². The molecule has 116 valence electrons. The molecule has 0 aromatic heterocycles. The van der Waals surface area contributed by atoms with E-state index in [4.69, 9.17) is 0 Å². The van der Waals surface area contributed by atoms with Crippen LogP contribution in [0.4, 0.5) is 0 Å². The summed E-state index contributed by atoms with van der Waals surface area (Å²) < 4.78 is 0. The first-order chi connectivity index (χ1) is 10.3. The molecular formula is C19H28O2. The monoisotopic (exact) mass is 288 g/mol. The standard InChI is InChI=1S/C19H28O2/c1-2-3-4-5-6-7-8-9-13-16-18(19(20)21)17-14-11-10-12-15-17/h2,10-12,14-15,18H,1,3-9,13,16H2,(H,20,21). The van der Waals surface area contributed by atoms with Gasteiger partial charge in [0, 0.05) is 0 Å². The third-order valence-electron chi connectivity index (χ3n) is 3.90. The number of hydrogen-bond acceptors (Lipinski definition) is 1. The molecule has 1 unspecified atom stereocenters. The van der Waals surface area contributed by atoms with Crippen LogP contribution >= 0.6 is 0 Å². The molecule has 0 fully saturated rings. The van der Waals surface area contributed by atoms with Gasteiger partial charge in [-0.15, -0.1) is 6.58 Å². The summed E-state index contributed by atoms with van der Waals surface area (Å²) in [6.07, 6.45) is 12.3. The first-order valence-electron chi connectivity index (χ1n) is 8.14. The summed E-state index contributed by atoms with van der Waals surface area (Å²) in [6, 6.07) is 9.58. The average molecular weight is 288 g/mol. The van der Waals surface area contributed by atoms with E-state index in [9.17, 15) is 9.90 Å². The van der Waals surface area contributed by atoms with Crippen LogP contribution in [-0.4, -0.2) is 11.1 Å². The average Bonchev–Trinajstić information content (AvgIpc) is 2.50. The van der Waals surface area contributed by atoms with Crippen molar-refractivity contribution in [1.82, 2.24) is 0 Å². The van der Waals surface area contributed by atoms with Gasteiger partial charge in [0.1, 0.15) is 0 Å². The third kappa shape index (κ3) is 7.69. The quantitative estimate of drug-likeness (QED) is 0.404. The third-order valence-corrected chi connectivity index (χ3v) is 3.90. The summed E-state index contributed by atoms with van der Waals surface area (Å²) in [5, 5.41) is 9.34. The van der Waals surface area contributed by atoms with Crippen LogP contribution in [0, 0.1) is 0 Å². The van der Waals surface area contributed by atoms with E-state index in [1.54, 1.807) is 0 Å². The number of carboxylic acid groups (broad SMARTS) is 1. The molecule has 0 aliphatic rings. The van der Waals surface area contributed by atoms with Gasteiger partial charge in [0.15, 0.2) is 0 Å². The fourth-order valence-electron chi connectivity index (χ4n) is 2.64. The molecule has 0 heterocycles. The summed E-state index contributed by atoms with van der Waals surface area (Å²) in [7, 11) is 0. The molecule has 0 saturated heterocycles. The molecular weight excluding hydrogens is 260 g/mol. The molecule has 0 radical (unpaired) electrons. The minimum atomic E-state index is -0.703. The molecule has 21 heavy (non-hydrogen) atoms. The second kappa shape index (κ2) is 11.1. The van der Waals surface area contributed by atoms with Crippen molar-refractivity contribution in [3.63, 3.8) is 0 Å². The first-order valence-corrected chi connectivity index (χ1v) is 8.14. The topological polar surface area (TPSA) is 37.3 Å². The zero-order valence-corrected chi connectivity index (χ0v) is 13.0. The number of aliphatic carboxylic acids is 1. The fraction of sp³-hybridized carbons (Fsp3) is 0.526. The highest BCUT2D eigenvalue weighted by Gasteiger charge is 2.18. The smallest absolute Gasteiger partial charge is 0.310 e. The van der Waals surface area contributed by atoms with Gasteiger partial charge >= 0.3 is 5.97 Å². The molecule has 1 aromatic rings. The lowest BCUT2D eigenvalue weighted by Crippen LogP contribution is -2.11. The van der Waals surface area contributed by atoms with Gasteiger partial charge in [-0.1, -0.05) is 74.9 Å². The van der Waals surface area contributed by atoms with Crippen LogP contribution in [-0.2, 0) is 4.79 Å². The number of allylic oxidation sites excluding steroid dienone is 1. The van der Waals surface area contributed by atoms with E-state index >= 15 is 0 Å². The van der Waals surface area contributed by atoms with Gasteiger partial charge in [-0.3, -0.25) is 4.79 Å². The van der Waals surface area contributed by atoms with Crippen molar-refractivity contribution >= 4 is 5.97 Å². The van der Waals surface area contributed by atoms with Gasteiger partial charge in [0.25, 0.3) is 0 Å². The van der Waals surface area contributed by atoms with Crippen LogP contribution in [0.3, 0.4) is 0 Å². The number of carboxylic acids is 1. The SMILES string of the molecule is C=CCCCCCCCCCC(C(=O)O)c1ccccc1. The van der Waals surface area contributed by atoms with E-state index in [0.717, 1.165) is 31.2 Å². The van der Waals surface area contributed by atoms with Gasteiger partial charge in [-0.2, -0.15) is 0 Å². The molecule has 1 aromatic carbocycles. The Labute approximate surface area is 128 Å². The van der Waals surface area contributed by atoms with Crippen molar-refractivity contribution in [3.8, 4) is 0 Å². The Morgan fingerprint density at radius 3 is 2.14 bits per heavy atom. The second-order valence-electron chi connectivity index (χ2n) is 5.64. The lowest BCUT2D eigenvalue weighted by Gasteiger charge is -2.12. The van der Waals surface area contributed by atoms with Crippen LogP contribution in [0.5, 0.6) is 0 Å². The van der Waals surface area contributed by atoms with Crippen LogP contribution in [0.25, 0.3) is 0 Å². The predicted octanol–water partition coefficient (Wildman–Crippen LogP) is 5.55. The Bertz CT molecular complexity index is 397. The largest absolute Gasteiger partial charge is 0.481 e. The van der Waals surface area contributed by atoms with Crippen LogP contribution < -0.4 is 0 Å². The van der Waals surface area contributed by atoms with Crippen molar-refractivity contribution in [2.75, 3.05) is 0 Å². The second-order valence-corrected chi connectivity index (χ2v) is 5.64. The molecule has 1 atom stereocenters. The predicted molar refractivity (Wildman–Crippen MR) is 88.6 cm³/mol. The van der Waals surface area contributed by atoms with Crippen molar-refractivity contribution in [2.45, 2.75) is 63.7 Å². The Morgan fingerprint density at radius 2 is 1.57 bits per heavy atom. The molecule has 1 N–H and O–H groups in total. The molecule has 2 heteroatoms. The van der Waals surface area contributed by atoms with Gasteiger partial charge < -0.3 is 5.11 Å². The summed E-state index contributed by atoms with van der Waals surface area (Å²) in [5.41, 5.74) is 0.925. The summed E-state index contributed by atoms with van der Waals surface area (Å²) in [5.74, 6) is -1.05. The number of rotatable bonds is 12. The Kier molecular flexibility index (Phi) is 9.26. The first kappa shape index (κ1) is 17.5. The van der Waals surface area contributed by atoms with Crippen LogP contribution in [0.2, 0.25) is 0 Å². The van der Waals surface area contributed by atoms with E-state index in [1.165, 1.54) is 32.1 Å². The molecule has 0 amide bonds. The van der Waals surface area contributed by atoms with E-state index in [1.807, 2.05) is 36.4 Å². The van der Waals surface area contributed by atoms with E-state index in [-0.39, 0.29) is 5.92 Å². The van der Waals surface area contributed by atoms with Crippen LogP contribution in [0.15, 0.2) is 43.0 Å². The maximum absolute atomic E-state index is 11.4. The lowest BCUT2D eigenvalue weighted by atomic mass is 9.93. The molecule has 0 spiro atoms. The van der Waals surface area contributed by atoms with Gasteiger partial charge in [-0.05, 0) is 24.8 Å². The maximum Gasteiger partial charge on any atom is 0.310 e. The zero-order chi connectivity index (χ0) is 15.3. The fourth-order valence-corrected chi connectivity index (χ4v) is 2.64. The van der Waals surface area contributed by atoms with Crippen LogP contribution in [0.1, 0.15) is 69.3 Å². The minimum Gasteiger partial charge on any atom is -0.481 e. The molecule has 0 bridgehead atoms. The zero-order valence-electron chi connectivity index (χ0n) is 13.0. The Hall–Kier alpha value is -1.57. The normalized spacial score (nSPS) is 12.0. The van der Waals surface area contributed by atoms with Gasteiger partial charge in [0.2, 0.25) is 0 Å². The number of hydrogen-bond donors (Lipinski definition) is 1. The summed E-state index contributed by atoms with van der Waals surface area (Å²) in [4.78, 5) is 11.4. The minimum absolute atomic E-state index is 0.348. The van der Waals surface area contributed by atoms with Gasteiger partial charge in [0.05, 0.1) is 5.92 Å². The van der Waals surface area contributed by atoms with Crippen molar-refractivity contribution in [2.24, 2.45) is 0 Å². The summed E-state index contributed by atoms with van der Waals surface area (Å²) >= 11 is 0. The molecule has 1 rings (SSSR count). The summed E-state index contributed by atoms with van der Waals surface area (Å²) in [6.45, 7) is 3.73. The number of benzene rings is 1. The highest BCUT2D eigenvalue weighted by Crippen LogP contribution is 2.23. The molecule has 0 aliphatic carbocycles. The molecule has 0 saturated carbocycles. The number of carbonyl (C=O) groups is 1.